The van der Waals surface area contributed by atoms with Crippen molar-refractivity contribution in [3.05, 3.63) is 15.9 Å². The van der Waals surface area contributed by atoms with Gasteiger partial charge in [0.2, 0.25) is 0 Å². The van der Waals surface area contributed by atoms with E-state index in [4.69, 9.17) is 5.84 Å². The van der Waals surface area contributed by atoms with Crippen LogP contribution in [-0.4, -0.2) is 36.2 Å². The Balaban J connectivity index is 2.99. The molecule has 0 bridgehead atoms. The first-order valence-electron chi connectivity index (χ1n) is 6.20. The predicted octanol–water partition coefficient (Wildman–Crippen LogP) is 0.647. The summed E-state index contributed by atoms with van der Waals surface area (Å²) in [4.78, 5) is 0. The van der Waals surface area contributed by atoms with E-state index in [-0.39, 0.29) is 11.8 Å². The van der Waals surface area contributed by atoms with Crippen molar-refractivity contribution < 1.29 is 8.42 Å². The summed E-state index contributed by atoms with van der Waals surface area (Å²) in [6.07, 6.45) is 2.55. The SMILES string of the molecule is CCc1nn(CC)c(CC(CS(C)(=O)=O)NN)c1Br. The van der Waals surface area contributed by atoms with E-state index in [9.17, 15) is 8.42 Å². The molecule has 1 aromatic rings. The van der Waals surface area contributed by atoms with Gasteiger partial charge in [0.05, 0.1) is 21.6 Å². The summed E-state index contributed by atoms with van der Waals surface area (Å²) >= 11 is 3.54. The molecule has 1 aromatic heterocycles. The van der Waals surface area contributed by atoms with Crippen LogP contribution in [0.2, 0.25) is 0 Å². The van der Waals surface area contributed by atoms with Crippen molar-refractivity contribution in [1.82, 2.24) is 15.2 Å². The average molecular weight is 353 g/mol. The minimum Gasteiger partial charge on any atom is -0.271 e. The molecule has 1 rings (SSSR count). The molecule has 0 aliphatic rings. The van der Waals surface area contributed by atoms with E-state index in [0.717, 1.165) is 28.8 Å². The normalized spacial score (nSPS) is 13.7. The number of rotatable bonds is 7. The predicted molar refractivity (Wildman–Crippen MR) is 79.5 cm³/mol. The first-order chi connectivity index (χ1) is 8.82. The van der Waals surface area contributed by atoms with E-state index in [1.165, 1.54) is 6.26 Å². The van der Waals surface area contributed by atoms with E-state index in [1.807, 2.05) is 18.5 Å². The third-order valence-corrected chi connectivity index (χ3v) is 4.80. The standard InChI is InChI=1S/C11H21BrN4O2S/c1-4-9-11(12)10(16(5-2)15-9)6-8(14-13)7-19(3,17)18/h8,14H,4-7,13H2,1-3H3. The van der Waals surface area contributed by atoms with Gasteiger partial charge >= 0.3 is 0 Å². The second-order valence-electron chi connectivity index (χ2n) is 4.54. The highest BCUT2D eigenvalue weighted by Gasteiger charge is 2.20. The number of sulfone groups is 1. The number of aryl methyl sites for hydroxylation is 2. The quantitative estimate of drug-likeness (QED) is 0.555. The van der Waals surface area contributed by atoms with Crippen molar-refractivity contribution >= 4 is 25.8 Å². The summed E-state index contributed by atoms with van der Waals surface area (Å²) in [5, 5.41) is 4.48. The molecule has 0 amide bonds. The van der Waals surface area contributed by atoms with Crippen LogP contribution in [-0.2, 0) is 29.2 Å². The van der Waals surface area contributed by atoms with Crippen LogP contribution in [0, 0.1) is 0 Å². The lowest BCUT2D eigenvalue weighted by Crippen LogP contribution is -2.42. The molecular formula is C11H21BrN4O2S. The van der Waals surface area contributed by atoms with Crippen LogP contribution in [0.5, 0.6) is 0 Å². The van der Waals surface area contributed by atoms with E-state index in [1.54, 1.807) is 0 Å². The van der Waals surface area contributed by atoms with E-state index in [2.05, 4.69) is 26.5 Å². The molecule has 6 nitrogen and oxygen atoms in total. The molecule has 0 fully saturated rings. The maximum absolute atomic E-state index is 11.4. The molecule has 8 heteroatoms. The molecule has 0 saturated carbocycles. The summed E-state index contributed by atoms with van der Waals surface area (Å²) in [6, 6.07) is -0.321. The van der Waals surface area contributed by atoms with Crippen LogP contribution >= 0.6 is 15.9 Å². The van der Waals surface area contributed by atoms with Crippen LogP contribution in [0.15, 0.2) is 4.47 Å². The fraction of sp³-hybridized carbons (Fsp3) is 0.727. The van der Waals surface area contributed by atoms with Crippen LogP contribution in [0.3, 0.4) is 0 Å². The van der Waals surface area contributed by atoms with E-state index < -0.39 is 9.84 Å². The number of nitrogens with one attached hydrogen (secondary N) is 1. The largest absolute Gasteiger partial charge is 0.271 e. The molecule has 3 N–H and O–H groups in total. The Hall–Kier alpha value is -0.440. The minimum atomic E-state index is -3.07. The summed E-state index contributed by atoms with van der Waals surface area (Å²) in [6.45, 7) is 4.78. The molecule has 1 heterocycles. The van der Waals surface area contributed by atoms with Gasteiger partial charge in [-0.1, -0.05) is 6.92 Å². The zero-order valence-corrected chi connectivity index (χ0v) is 13.9. The van der Waals surface area contributed by atoms with Crippen molar-refractivity contribution in [3.8, 4) is 0 Å². The lowest BCUT2D eigenvalue weighted by Gasteiger charge is -2.15. The highest BCUT2D eigenvalue weighted by atomic mass is 79.9. The Bertz CT molecular complexity index is 527. The number of nitrogens with two attached hydrogens (primary N) is 1. The maximum atomic E-state index is 11.4. The van der Waals surface area contributed by atoms with Gasteiger partial charge in [-0.25, -0.2) is 8.42 Å². The molecule has 1 unspecified atom stereocenters. The van der Waals surface area contributed by atoms with E-state index >= 15 is 0 Å². The third-order valence-electron chi connectivity index (χ3n) is 2.87. The highest BCUT2D eigenvalue weighted by Crippen LogP contribution is 2.23. The summed E-state index contributed by atoms with van der Waals surface area (Å²) in [7, 11) is -3.07. The van der Waals surface area contributed by atoms with Crippen molar-refractivity contribution in [2.75, 3.05) is 12.0 Å². The number of hydrogen-bond donors (Lipinski definition) is 2. The molecule has 19 heavy (non-hydrogen) atoms. The number of aromatic nitrogens is 2. The average Bonchev–Trinajstić information content (AvgIpc) is 2.63. The van der Waals surface area contributed by atoms with Gasteiger partial charge in [0.15, 0.2) is 0 Å². The fourth-order valence-corrected chi connectivity index (χ4v) is 3.65. The highest BCUT2D eigenvalue weighted by molar-refractivity contribution is 9.10. The zero-order valence-electron chi connectivity index (χ0n) is 11.5. The molecule has 0 radical (unpaired) electrons. The van der Waals surface area contributed by atoms with E-state index in [0.29, 0.717) is 6.42 Å². The van der Waals surface area contributed by atoms with Gasteiger partial charge in [0.1, 0.15) is 9.84 Å². The van der Waals surface area contributed by atoms with Crippen LogP contribution in [0.1, 0.15) is 25.2 Å². The first kappa shape index (κ1) is 16.6. The van der Waals surface area contributed by atoms with Crippen LogP contribution in [0.4, 0.5) is 0 Å². The van der Waals surface area contributed by atoms with Gasteiger partial charge in [0, 0.05) is 25.3 Å². The van der Waals surface area contributed by atoms with Gasteiger partial charge in [-0.15, -0.1) is 0 Å². The van der Waals surface area contributed by atoms with Gasteiger partial charge in [-0.3, -0.25) is 16.0 Å². The Morgan fingerprint density at radius 1 is 1.47 bits per heavy atom. The fourth-order valence-electron chi connectivity index (χ4n) is 1.98. The van der Waals surface area contributed by atoms with Crippen LogP contribution in [0.25, 0.3) is 0 Å². The molecule has 110 valence electrons. The molecule has 0 aromatic carbocycles. The topological polar surface area (TPSA) is 90.0 Å². The summed E-state index contributed by atoms with van der Waals surface area (Å²) < 4.78 is 25.6. The van der Waals surface area contributed by atoms with Gasteiger partial charge in [0.25, 0.3) is 0 Å². The maximum Gasteiger partial charge on any atom is 0.149 e. The number of nitrogens with zero attached hydrogens (tertiary/aromatic N) is 2. The van der Waals surface area contributed by atoms with Gasteiger partial charge < -0.3 is 0 Å². The molecule has 1 atom stereocenters. The number of halogens is 1. The van der Waals surface area contributed by atoms with Gasteiger partial charge in [-0.2, -0.15) is 5.10 Å². The van der Waals surface area contributed by atoms with Crippen LogP contribution < -0.4 is 11.3 Å². The van der Waals surface area contributed by atoms with Crippen molar-refractivity contribution in [3.63, 3.8) is 0 Å². The van der Waals surface area contributed by atoms with Crippen molar-refractivity contribution in [1.29, 1.82) is 0 Å². The Morgan fingerprint density at radius 3 is 2.53 bits per heavy atom. The molecule has 0 aliphatic carbocycles. The van der Waals surface area contributed by atoms with Crippen molar-refractivity contribution in [2.24, 2.45) is 5.84 Å². The minimum absolute atomic E-state index is 0.00624. The number of hydrogen-bond acceptors (Lipinski definition) is 5. The summed E-state index contributed by atoms with van der Waals surface area (Å²) in [5.41, 5.74) is 4.53. The van der Waals surface area contributed by atoms with Crippen molar-refractivity contribution in [2.45, 2.75) is 39.3 Å². The second kappa shape index (κ2) is 6.83. The third kappa shape index (κ3) is 4.55. The lowest BCUT2D eigenvalue weighted by atomic mass is 10.1. The molecule has 0 spiro atoms. The van der Waals surface area contributed by atoms with Gasteiger partial charge in [-0.05, 0) is 29.3 Å². The number of hydrazine groups is 1. The Kier molecular flexibility index (Phi) is 5.97. The molecule has 0 saturated heterocycles. The summed E-state index contributed by atoms with van der Waals surface area (Å²) in [5.74, 6) is 5.46. The lowest BCUT2D eigenvalue weighted by molar-refractivity contribution is 0.519. The Labute approximate surface area is 122 Å². The molecular weight excluding hydrogens is 332 g/mol. The monoisotopic (exact) mass is 352 g/mol. The second-order valence-corrected chi connectivity index (χ2v) is 7.51. The smallest absolute Gasteiger partial charge is 0.149 e. The first-order valence-corrected chi connectivity index (χ1v) is 9.05. The Morgan fingerprint density at radius 2 is 2.11 bits per heavy atom. The molecule has 0 aliphatic heterocycles. The zero-order chi connectivity index (χ0) is 14.6.